The number of fused-ring (bicyclic) bond motifs is 1. The summed E-state index contributed by atoms with van der Waals surface area (Å²) < 4.78 is 79.6. The topological polar surface area (TPSA) is 73.5 Å². The standard InChI is InChI=1S/C33H28F6N4O2/c34-32(35,36)24-16-25(33(37,38)39)18-27(17-24)42-31(45)41-26-10-11-29(43-15-13-22-8-4-5-9-23(22)20-43)28(19-26)30(44)40-14-12-21-6-2-1-3-7-21/h1-11,16-19H,12-15,20H2,(H,40,44)(H2,41,42,45). The van der Waals surface area contributed by atoms with Crippen LogP contribution in [0.15, 0.2) is 91.0 Å². The summed E-state index contributed by atoms with van der Waals surface area (Å²) in [7, 11) is 0. The highest BCUT2D eigenvalue weighted by Crippen LogP contribution is 2.37. The van der Waals surface area contributed by atoms with Gasteiger partial charge in [0.05, 0.1) is 16.7 Å². The van der Waals surface area contributed by atoms with Gasteiger partial charge in [0.15, 0.2) is 0 Å². The van der Waals surface area contributed by atoms with Crippen molar-refractivity contribution in [2.45, 2.75) is 31.7 Å². The number of benzene rings is 4. The molecule has 3 amide bonds. The van der Waals surface area contributed by atoms with Gasteiger partial charge < -0.3 is 20.9 Å². The van der Waals surface area contributed by atoms with E-state index in [0.717, 1.165) is 17.5 Å². The van der Waals surface area contributed by atoms with Crippen molar-refractivity contribution in [1.29, 1.82) is 0 Å². The molecule has 0 atom stereocenters. The van der Waals surface area contributed by atoms with Crippen LogP contribution < -0.4 is 20.9 Å². The molecule has 3 N–H and O–H groups in total. The Kier molecular flexibility index (Phi) is 9.03. The number of carbonyl (C=O) groups excluding carboxylic acids is 2. The predicted molar refractivity (Wildman–Crippen MR) is 159 cm³/mol. The van der Waals surface area contributed by atoms with Crippen molar-refractivity contribution in [3.8, 4) is 0 Å². The quantitative estimate of drug-likeness (QED) is 0.183. The highest BCUT2D eigenvalue weighted by atomic mass is 19.4. The number of rotatable bonds is 7. The summed E-state index contributed by atoms with van der Waals surface area (Å²) >= 11 is 0. The van der Waals surface area contributed by atoms with Gasteiger partial charge in [-0.1, -0.05) is 54.6 Å². The molecule has 234 valence electrons. The average molecular weight is 627 g/mol. The minimum atomic E-state index is -5.07. The van der Waals surface area contributed by atoms with Crippen LogP contribution in [-0.2, 0) is 31.7 Å². The van der Waals surface area contributed by atoms with Gasteiger partial charge in [0.2, 0.25) is 0 Å². The second-order valence-corrected chi connectivity index (χ2v) is 10.5. The second kappa shape index (κ2) is 12.9. The molecule has 6 nitrogen and oxygen atoms in total. The fourth-order valence-electron chi connectivity index (χ4n) is 5.15. The number of amides is 3. The summed E-state index contributed by atoms with van der Waals surface area (Å²) in [4.78, 5) is 28.2. The Hall–Kier alpha value is -5.00. The molecule has 1 aliphatic heterocycles. The molecule has 0 aromatic heterocycles. The Balaban J connectivity index is 1.37. The molecule has 0 fully saturated rings. The van der Waals surface area contributed by atoms with E-state index in [-0.39, 0.29) is 17.3 Å². The lowest BCUT2D eigenvalue weighted by Crippen LogP contribution is -2.33. The van der Waals surface area contributed by atoms with Gasteiger partial charge in [-0.15, -0.1) is 0 Å². The van der Waals surface area contributed by atoms with Gasteiger partial charge in [-0.2, -0.15) is 26.3 Å². The highest BCUT2D eigenvalue weighted by molar-refractivity contribution is 6.04. The molecular formula is C33H28F6N4O2. The van der Waals surface area contributed by atoms with Gasteiger partial charge in [-0.05, 0) is 65.9 Å². The first kappa shape index (κ1) is 31.4. The van der Waals surface area contributed by atoms with Crippen molar-refractivity contribution < 1.29 is 35.9 Å². The maximum Gasteiger partial charge on any atom is 0.416 e. The first-order chi connectivity index (χ1) is 21.4. The molecule has 45 heavy (non-hydrogen) atoms. The van der Waals surface area contributed by atoms with E-state index in [1.165, 1.54) is 17.7 Å². The van der Waals surface area contributed by atoms with Gasteiger partial charge in [0.1, 0.15) is 0 Å². The molecular weight excluding hydrogens is 598 g/mol. The number of nitrogens with one attached hydrogen (secondary N) is 3. The molecule has 1 heterocycles. The van der Waals surface area contributed by atoms with E-state index < -0.39 is 41.1 Å². The molecule has 1 aliphatic rings. The fourth-order valence-corrected chi connectivity index (χ4v) is 5.15. The SMILES string of the molecule is O=C(Nc1cc(C(F)(F)F)cc(C(F)(F)F)c1)Nc1ccc(N2CCc3ccccc3C2)c(C(=O)NCCc2ccccc2)c1. The number of hydrogen-bond donors (Lipinski definition) is 3. The van der Waals surface area contributed by atoms with E-state index in [9.17, 15) is 35.9 Å². The molecule has 0 bridgehead atoms. The fraction of sp³-hybridized carbons (Fsp3) is 0.212. The molecule has 0 radical (unpaired) electrons. The Labute approximate surface area is 255 Å². The van der Waals surface area contributed by atoms with Gasteiger partial charge >= 0.3 is 18.4 Å². The Morgan fingerprint density at radius 1 is 0.711 bits per heavy atom. The molecule has 0 spiro atoms. The molecule has 4 aromatic carbocycles. The maximum absolute atomic E-state index is 13.5. The van der Waals surface area contributed by atoms with Crippen molar-refractivity contribution in [2.24, 2.45) is 0 Å². The number of urea groups is 1. The van der Waals surface area contributed by atoms with Gasteiger partial charge in [-0.25, -0.2) is 4.79 Å². The highest BCUT2D eigenvalue weighted by Gasteiger charge is 2.37. The second-order valence-electron chi connectivity index (χ2n) is 10.5. The normalized spacial score (nSPS) is 13.2. The van der Waals surface area contributed by atoms with Crippen LogP contribution in [0.1, 0.15) is 38.2 Å². The van der Waals surface area contributed by atoms with Crippen LogP contribution in [0.3, 0.4) is 0 Å². The zero-order chi connectivity index (χ0) is 32.2. The van der Waals surface area contributed by atoms with E-state index in [4.69, 9.17) is 0 Å². The lowest BCUT2D eigenvalue weighted by Gasteiger charge is -2.32. The van der Waals surface area contributed by atoms with Crippen LogP contribution in [-0.4, -0.2) is 25.0 Å². The smallest absolute Gasteiger partial charge is 0.366 e. The minimum absolute atomic E-state index is 0.0243. The lowest BCUT2D eigenvalue weighted by molar-refractivity contribution is -0.143. The van der Waals surface area contributed by atoms with Crippen LogP contribution in [0.4, 0.5) is 48.2 Å². The van der Waals surface area contributed by atoms with Crippen molar-refractivity contribution in [3.05, 3.63) is 124 Å². The largest absolute Gasteiger partial charge is 0.416 e. The summed E-state index contributed by atoms with van der Waals surface area (Å²) in [6, 6.07) is 21.9. The summed E-state index contributed by atoms with van der Waals surface area (Å²) in [6.45, 7) is 1.51. The third kappa shape index (κ3) is 7.94. The summed E-state index contributed by atoms with van der Waals surface area (Å²) in [5.74, 6) is -0.406. The molecule has 0 saturated heterocycles. The molecule has 5 rings (SSSR count). The monoisotopic (exact) mass is 626 g/mol. The molecule has 4 aromatic rings. The predicted octanol–water partition coefficient (Wildman–Crippen LogP) is 7.90. The first-order valence-electron chi connectivity index (χ1n) is 14.0. The summed E-state index contributed by atoms with van der Waals surface area (Å²) in [5, 5.41) is 7.36. The Morgan fingerprint density at radius 3 is 2.00 bits per heavy atom. The zero-order valence-electron chi connectivity index (χ0n) is 23.7. The molecule has 0 unspecified atom stereocenters. The third-order valence-corrected chi connectivity index (χ3v) is 7.36. The number of carbonyl (C=O) groups is 2. The van der Waals surface area contributed by atoms with Crippen molar-refractivity contribution in [1.82, 2.24) is 5.32 Å². The van der Waals surface area contributed by atoms with Crippen LogP contribution in [0.25, 0.3) is 0 Å². The van der Waals surface area contributed by atoms with Crippen molar-refractivity contribution in [2.75, 3.05) is 28.6 Å². The Morgan fingerprint density at radius 2 is 1.33 bits per heavy atom. The third-order valence-electron chi connectivity index (χ3n) is 7.36. The molecule has 12 heteroatoms. The van der Waals surface area contributed by atoms with Gasteiger partial charge in [0, 0.05) is 36.7 Å². The number of nitrogens with zero attached hydrogens (tertiary/aromatic N) is 1. The van der Waals surface area contributed by atoms with E-state index in [0.29, 0.717) is 43.9 Å². The van der Waals surface area contributed by atoms with Crippen LogP contribution >= 0.6 is 0 Å². The number of halogens is 6. The van der Waals surface area contributed by atoms with Gasteiger partial charge in [-0.3, -0.25) is 4.79 Å². The van der Waals surface area contributed by atoms with E-state index in [1.54, 1.807) is 6.07 Å². The average Bonchev–Trinajstić information content (AvgIpc) is 3.00. The summed E-state index contributed by atoms with van der Waals surface area (Å²) in [5.41, 5.74) is 0.507. The minimum Gasteiger partial charge on any atom is -0.366 e. The lowest BCUT2D eigenvalue weighted by atomic mass is 9.98. The number of hydrogen-bond acceptors (Lipinski definition) is 3. The van der Waals surface area contributed by atoms with Crippen LogP contribution in [0.2, 0.25) is 0 Å². The number of alkyl halides is 6. The molecule has 0 aliphatic carbocycles. The first-order valence-corrected chi connectivity index (χ1v) is 14.0. The van der Waals surface area contributed by atoms with E-state index >= 15 is 0 Å². The summed E-state index contributed by atoms with van der Waals surface area (Å²) in [6.07, 6.45) is -8.80. The van der Waals surface area contributed by atoms with Crippen molar-refractivity contribution >= 4 is 29.0 Å². The van der Waals surface area contributed by atoms with Crippen LogP contribution in [0.5, 0.6) is 0 Å². The Bertz CT molecular complexity index is 1660. The van der Waals surface area contributed by atoms with Gasteiger partial charge in [0.25, 0.3) is 5.91 Å². The van der Waals surface area contributed by atoms with E-state index in [1.807, 2.05) is 58.7 Å². The van der Waals surface area contributed by atoms with E-state index in [2.05, 4.69) is 16.7 Å². The number of anilines is 3. The zero-order valence-corrected chi connectivity index (χ0v) is 23.7. The maximum atomic E-state index is 13.5. The van der Waals surface area contributed by atoms with Crippen LogP contribution in [0, 0.1) is 0 Å². The molecule has 0 saturated carbocycles. The van der Waals surface area contributed by atoms with Crippen molar-refractivity contribution in [3.63, 3.8) is 0 Å².